The molecule has 0 saturated carbocycles. The van der Waals surface area contributed by atoms with E-state index in [9.17, 15) is 4.79 Å². The Morgan fingerprint density at radius 1 is 1.41 bits per heavy atom. The van der Waals surface area contributed by atoms with Crippen LogP contribution in [0.3, 0.4) is 0 Å². The maximum absolute atomic E-state index is 10.9. The van der Waals surface area contributed by atoms with Crippen molar-refractivity contribution in [1.82, 2.24) is 10.2 Å². The van der Waals surface area contributed by atoms with Gasteiger partial charge in [-0.05, 0) is 6.42 Å². The Morgan fingerprint density at radius 2 is 2.24 bits per heavy atom. The van der Waals surface area contributed by atoms with Crippen molar-refractivity contribution in [1.29, 1.82) is 0 Å². The van der Waals surface area contributed by atoms with Gasteiger partial charge in [-0.3, -0.25) is 4.79 Å². The molecule has 0 unspecified atom stereocenters. The van der Waals surface area contributed by atoms with E-state index in [0.717, 1.165) is 23.0 Å². The highest BCUT2D eigenvalue weighted by molar-refractivity contribution is 7.15. The summed E-state index contributed by atoms with van der Waals surface area (Å²) in [6.07, 6.45) is 4.94. The van der Waals surface area contributed by atoms with Crippen LogP contribution in [0.1, 0.15) is 37.6 Å². The summed E-state index contributed by atoms with van der Waals surface area (Å²) in [4.78, 5) is 10.9. The predicted octanol–water partition coefficient (Wildman–Crippen LogP) is 2.25. The topological polar surface area (TPSA) is 64.1 Å². The summed E-state index contributed by atoms with van der Waals surface area (Å²) >= 11 is 1.56. The van der Waals surface area contributed by atoms with Gasteiger partial charge in [0.05, 0.1) is 13.5 Å². The van der Waals surface area contributed by atoms with Crippen molar-refractivity contribution in [3.05, 3.63) is 5.01 Å². The molecule has 5 nitrogen and oxygen atoms in total. The molecule has 1 aromatic heterocycles. The van der Waals surface area contributed by atoms with Crippen LogP contribution in [-0.4, -0.2) is 29.8 Å². The van der Waals surface area contributed by atoms with Gasteiger partial charge in [-0.2, -0.15) is 0 Å². The van der Waals surface area contributed by atoms with E-state index in [4.69, 9.17) is 0 Å². The minimum Gasteiger partial charge on any atom is -0.469 e. The maximum Gasteiger partial charge on any atom is 0.307 e. The number of aromatic nitrogens is 2. The van der Waals surface area contributed by atoms with Gasteiger partial charge in [-0.1, -0.05) is 31.1 Å². The smallest absolute Gasteiger partial charge is 0.307 e. The predicted molar refractivity (Wildman–Crippen MR) is 68.3 cm³/mol. The first kappa shape index (κ1) is 13.9. The zero-order valence-electron chi connectivity index (χ0n) is 10.4. The normalized spacial score (nSPS) is 10.2. The number of nitrogens with one attached hydrogen (secondary N) is 1. The number of anilines is 1. The third-order valence-electron chi connectivity index (χ3n) is 2.29. The van der Waals surface area contributed by atoms with E-state index in [1.54, 1.807) is 11.3 Å². The highest BCUT2D eigenvalue weighted by Gasteiger charge is 2.04. The SMILES string of the molecule is CCCCCc1nnc(NCCC(=O)OC)s1. The quantitative estimate of drug-likeness (QED) is 0.571. The van der Waals surface area contributed by atoms with Crippen molar-refractivity contribution in [3.8, 4) is 0 Å². The number of carbonyl (C=O) groups is 1. The lowest BCUT2D eigenvalue weighted by Gasteiger charge is -1.99. The second kappa shape index (κ2) is 8.00. The highest BCUT2D eigenvalue weighted by atomic mass is 32.1. The average molecular weight is 257 g/mol. The third-order valence-corrected chi connectivity index (χ3v) is 3.23. The number of esters is 1. The zero-order valence-corrected chi connectivity index (χ0v) is 11.2. The lowest BCUT2D eigenvalue weighted by molar-refractivity contribution is -0.140. The molecular formula is C11H19N3O2S. The molecule has 1 N–H and O–H groups in total. The summed E-state index contributed by atoms with van der Waals surface area (Å²) in [6.45, 7) is 2.72. The Kier molecular flexibility index (Phi) is 6.54. The standard InChI is InChI=1S/C11H19N3O2S/c1-3-4-5-6-9-13-14-11(17-9)12-8-7-10(15)16-2/h3-8H2,1-2H3,(H,12,14). The number of aryl methyl sites for hydroxylation is 1. The van der Waals surface area contributed by atoms with Gasteiger partial charge in [-0.25, -0.2) is 0 Å². The molecule has 0 spiro atoms. The van der Waals surface area contributed by atoms with E-state index in [0.29, 0.717) is 13.0 Å². The summed E-state index contributed by atoms with van der Waals surface area (Å²) < 4.78 is 4.55. The molecule has 0 aliphatic heterocycles. The van der Waals surface area contributed by atoms with Crippen molar-refractivity contribution in [2.24, 2.45) is 0 Å². The van der Waals surface area contributed by atoms with Gasteiger partial charge in [0.15, 0.2) is 0 Å². The Labute approximate surface area is 106 Å². The highest BCUT2D eigenvalue weighted by Crippen LogP contribution is 2.17. The van der Waals surface area contributed by atoms with Gasteiger partial charge in [0, 0.05) is 13.0 Å². The molecule has 96 valence electrons. The second-order valence-corrected chi connectivity index (χ2v) is 4.77. The number of carbonyl (C=O) groups excluding carboxylic acids is 1. The zero-order chi connectivity index (χ0) is 12.5. The number of nitrogens with zero attached hydrogens (tertiary/aromatic N) is 2. The summed E-state index contributed by atoms with van der Waals surface area (Å²) in [5.74, 6) is -0.217. The number of rotatable bonds is 8. The van der Waals surface area contributed by atoms with Crippen LogP contribution >= 0.6 is 11.3 Å². The van der Waals surface area contributed by atoms with Gasteiger partial charge in [0.1, 0.15) is 5.01 Å². The maximum atomic E-state index is 10.9. The molecule has 1 rings (SSSR count). The molecule has 1 aromatic rings. The van der Waals surface area contributed by atoms with Crippen molar-refractivity contribution in [3.63, 3.8) is 0 Å². The van der Waals surface area contributed by atoms with Crippen LogP contribution in [0.5, 0.6) is 0 Å². The Bertz CT molecular complexity index is 341. The van der Waals surface area contributed by atoms with Crippen LogP contribution in [0.2, 0.25) is 0 Å². The molecule has 0 aliphatic rings. The summed E-state index contributed by atoms with van der Waals surface area (Å²) in [7, 11) is 1.39. The first-order chi connectivity index (χ1) is 8.26. The number of methoxy groups -OCH3 is 1. The van der Waals surface area contributed by atoms with Gasteiger partial charge in [-0.15, -0.1) is 10.2 Å². The van der Waals surface area contributed by atoms with Gasteiger partial charge in [0.2, 0.25) is 5.13 Å². The summed E-state index contributed by atoms with van der Waals surface area (Å²) in [5, 5.41) is 13.0. The fourth-order valence-electron chi connectivity index (χ4n) is 1.33. The molecule has 0 atom stereocenters. The van der Waals surface area contributed by atoms with Crippen molar-refractivity contribution in [2.45, 2.75) is 39.0 Å². The molecule has 0 aromatic carbocycles. The van der Waals surface area contributed by atoms with Crippen LogP contribution in [0.4, 0.5) is 5.13 Å². The largest absolute Gasteiger partial charge is 0.469 e. The van der Waals surface area contributed by atoms with E-state index in [-0.39, 0.29) is 5.97 Å². The van der Waals surface area contributed by atoms with Crippen molar-refractivity contribution >= 4 is 22.4 Å². The Morgan fingerprint density at radius 3 is 2.94 bits per heavy atom. The third kappa shape index (κ3) is 5.63. The van der Waals surface area contributed by atoms with E-state index in [2.05, 4.69) is 27.2 Å². The van der Waals surface area contributed by atoms with Crippen LogP contribution in [0, 0.1) is 0 Å². The molecule has 0 fully saturated rings. The second-order valence-electron chi connectivity index (χ2n) is 3.71. The molecule has 0 saturated heterocycles. The van der Waals surface area contributed by atoms with E-state index in [1.807, 2.05) is 0 Å². The monoisotopic (exact) mass is 257 g/mol. The number of unbranched alkanes of at least 4 members (excludes halogenated alkanes) is 2. The molecule has 0 radical (unpaired) electrons. The van der Waals surface area contributed by atoms with Crippen LogP contribution < -0.4 is 5.32 Å². The van der Waals surface area contributed by atoms with Crippen molar-refractivity contribution in [2.75, 3.05) is 19.0 Å². The van der Waals surface area contributed by atoms with Gasteiger partial charge < -0.3 is 10.1 Å². The van der Waals surface area contributed by atoms with Crippen LogP contribution in [0.25, 0.3) is 0 Å². The lowest BCUT2D eigenvalue weighted by Crippen LogP contribution is -2.09. The fourth-order valence-corrected chi connectivity index (χ4v) is 2.13. The van der Waals surface area contributed by atoms with Gasteiger partial charge >= 0.3 is 5.97 Å². The first-order valence-electron chi connectivity index (χ1n) is 5.89. The minimum absolute atomic E-state index is 0.217. The van der Waals surface area contributed by atoms with Crippen LogP contribution in [0.15, 0.2) is 0 Å². The molecule has 17 heavy (non-hydrogen) atoms. The lowest BCUT2D eigenvalue weighted by atomic mass is 10.2. The van der Waals surface area contributed by atoms with Gasteiger partial charge in [0.25, 0.3) is 0 Å². The Balaban J connectivity index is 2.23. The number of ether oxygens (including phenoxy) is 1. The molecule has 1 heterocycles. The molecule has 0 bridgehead atoms. The number of hydrogen-bond acceptors (Lipinski definition) is 6. The molecule has 0 amide bonds. The Hall–Kier alpha value is -1.17. The fraction of sp³-hybridized carbons (Fsp3) is 0.727. The molecular weight excluding hydrogens is 238 g/mol. The molecule has 6 heteroatoms. The minimum atomic E-state index is -0.217. The van der Waals surface area contributed by atoms with E-state index >= 15 is 0 Å². The van der Waals surface area contributed by atoms with E-state index < -0.39 is 0 Å². The van der Waals surface area contributed by atoms with Crippen molar-refractivity contribution < 1.29 is 9.53 Å². The first-order valence-corrected chi connectivity index (χ1v) is 6.71. The van der Waals surface area contributed by atoms with E-state index in [1.165, 1.54) is 20.0 Å². The number of hydrogen-bond donors (Lipinski definition) is 1. The summed E-state index contributed by atoms with van der Waals surface area (Å²) in [5.41, 5.74) is 0. The molecule has 0 aliphatic carbocycles. The van der Waals surface area contributed by atoms with Crippen LogP contribution in [-0.2, 0) is 16.0 Å². The average Bonchev–Trinajstić information content (AvgIpc) is 2.77. The summed E-state index contributed by atoms with van der Waals surface area (Å²) in [6, 6.07) is 0.